The van der Waals surface area contributed by atoms with Crippen molar-refractivity contribution < 1.29 is 4.42 Å². The first kappa shape index (κ1) is 14.8. The highest BCUT2D eigenvalue weighted by Crippen LogP contribution is 2.23. The molecule has 0 saturated carbocycles. The Balaban J connectivity index is 1.45. The normalized spacial score (nSPS) is 14.3. The van der Waals surface area contributed by atoms with Crippen molar-refractivity contribution in [2.75, 3.05) is 11.9 Å². The van der Waals surface area contributed by atoms with Gasteiger partial charge in [-0.2, -0.15) is 0 Å². The molecule has 3 aromatic rings. The standard InChI is InChI=1S/C18H19N5O/c1-3-16(24-8-1)13-23-7-4-17-14(9-19-10-15(17)12-23)11-22-18-20-5-2-6-21-18/h1-3,5-6,8-10H,4,7,11-13H2,(H,20,21,22). The van der Waals surface area contributed by atoms with Crippen LogP contribution in [-0.2, 0) is 26.1 Å². The predicted molar refractivity (Wildman–Crippen MR) is 90.1 cm³/mol. The molecule has 6 heteroatoms. The van der Waals surface area contributed by atoms with Crippen LogP contribution < -0.4 is 5.32 Å². The quantitative estimate of drug-likeness (QED) is 0.779. The minimum absolute atomic E-state index is 0.644. The van der Waals surface area contributed by atoms with Gasteiger partial charge in [-0.3, -0.25) is 9.88 Å². The molecule has 0 unspecified atom stereocenters. The van der Waals surface area contributed by atoms with Gasteiger partial charge < -0.3 is 9.73 Å². The Hall–Kier alpha value is -2.73. The first-order valence-corrected chi connectivity index (χ1v) is 8.09. The highest BCUT2D eigenvalue weighted by molar-refractivity contribution is 5.36. The van der Waals surface area contributed by atoms with E-state index in [-0.39, 0.29) is 0 Å². The summed E-state index contributed by atoms with van der Waals surface area (Å²) < 4.78 is 5.45. The van der Waals surface area contributed by atoms with Crippen LogP contribution in [0.3, 0.4) is 0 Å². The molecular formula is C18H19N5O. The van der Waals surface area contributed by atoms with E-state index in [0.29, 0.717) is 12.5 Å². The van der Waals surface area contributed by atoms with Crippen LogP contribution in [0.2, 0.25) is 0 Å². The molecule has 0 aliphatic carbocycles. The number of hydrogen-bond acceptors (Lipinski definition) is 6. The first-order chi connectivity index (χ1) is 11.9. The van der Waals surface area contributed by atoms with E-state index in [0.717, 1.165) is 31.8 Å². The van der Waals surface area contributed by atoms with Crippen LogP contribution in [0.15, 0.2) is 53.7 Å². The van der Waals surface area contributed by atoms with Gasteiger partial charge in [0, 0.05) is 44.4 Å². The Morgan fingerprint density at radius 3 is 2.92 bits per heavy atom. The summed E-state index contributed by atoms with van der Waals surface area (Å²) in [6.45, 7) is 3.45. The van der Waals surface area contributed by atoms with Gasteiger partial charge in [0.05, 0.1) is 12.8 Å². The summed E-state index contributed by atoms with van der Waals surface area (Å²) in [6.07, 6.45) is 10.1. The number of nitrogens with zero attached hydrogens (tertiary/aromatic N) is 4. The van der Waals surface area contributed by atoms with Crippen molar-refractivity contribution in [3.05, 3.63) is 71.7 Å². The van der Waals surface area contributed by atoms with Gasteiger partial charge in [-0.25, -0.2) is 9.97 Å². The number of fused-ring (bicyclic) bond motifs is 1. The Morgan fingerprint density at radius 1 is 1.17 bits per heavy atom. The van der Waals surface area contributed by atoms with E-state index >= 15 is 0 Å². The fraction of sp³-hybridized carbons (Fsp3) is 0.278. The van der Waals surface area contributed by atoms with Crippen LogP contribution in [0.5, 0.6) is 0 Å². The average Bonchev–Trinajstić information content (AvgIpc) is 3.13. The maximum absolute atomic E-state index is 5.45. The fourth-order valence-corrected chi connectivity index (χ4v) is 3.10. The molecule has 0 aromatic carbocycles. The predicted octanol–water partition coefficient (Wildman–Crippen LogP) is 2.64. The van der Waals surface area contributed by atoms with Crippen molar-refractivity contribution >= 4 is 5.95 Å². The van der Waals surface area contributed by atoms with Crippen LogP contribution in [0.1, 0.15) is 22.5 Å². The van der Waals surface area contributed by atoms with Gasteiger partial charge >= 0.3 is 0 Å². The Bertz CT molecular complexity index is 788. The number of furan rings is 1. The molecule has 24 heavy (non-hydrogen) atoms. The van der Waals surface area contributed by atoms with Gasteiger partial charge in [-0.1, -0.05) is 0 Å². The third-order valence-electron chi connectivity index (χ3n) is 4.27. The number of nitrogens with one attached hydrogen (secondary N) is 1. The van der Waals surface area contributed by atoms with Crippen LogP contribution in [0.25, 0.3) is 0 Å². The lowest BCUT2D eigenvalue weighted by molar-refractivity contribution is 0.225. The van der Waals surface area contributed by atoms with Gasteiger partial charge in [-0.05, 0) is 41.3 Å². The molecule has 1 aliphatic rings. The van der Waals surface area contributed by atoms with Crippen molar-refractivity contribution in [2.45, 2.75) is 26.1 Å². The second kappa shape index (κ2) is 6.80. The molecule has 0 spiro atoms. The van der Waals surface area contributed by atoms with E-state index in [2.05, 4.69) is 25.2 Å². The molecule has 3 aromatic heterocycles. The molecular weight excluding hydrogens is 302 g/mol. The van der Waals surface area contributed by atoms with Crippen molar-refractivity contribution in [2.24, 2.45) is 0 Å². The Labute approximate surface area is 140 Å². The molecule has 0 radical (unpaired) electrons. The fourth-order valence-electron chi connectivity index (χ4n) is 3.10. The van der Waals surface area contributed by atoms with E-state index in [1.54, 1.807) is 18.7 Å². The van der Waals surface area contributed by atoms with Gasteiger partial charge in [0.25, 0.3) is 0 Å². The number of pyridine rings is 1. The molecule has 0 amide bonds. The molecule has 1 N–H and O–H groups in total. The smallest absolute Gasteiger partial charge is 0.222 e. The maximum atomic E-state index is 5.45. The number of rotatable bonds is 5. The lowest BCUT2D eigenvalue weighted by atomic mass is 9.97. The molecule has 0 atom stereocenters. The van der Waals surface area contributed by atoms with Crippen molar-refractivity contribution in [3.8, 4) is 0 Å². The summed E-state index contributed by atoms with van der Waals surface area (Å²) in [5, 5.41) is 3.27. The number of hydrogen-bond donors (Lipinski definition) is 1. The lowest BCUT2D eigenvalue weighted by Crippen LogP contribution is -2.31. The molecule has 122 valence electrons. The number of aromatic nitrogens is 3. The van der Waals surface area contributed by atoms with E-state index in [1.165, 1.54) is 16.7 Å². The monoisotopic (exact) mass is 321 g/mol. The summed E-state index contributed by atoms with van der Waals surface area (Å²) in [5.74, 6) is 1.65. The molecule has 0 fully saturated rings. The largest absolute Gasteiger partial charge is 0.468 e. The minimum Gasteiger partial charge on any atom is -0.468 e. The van der Waals surface area contributed by atoms with E-state index in [1.807, 2.05) is 30.6 Å². The first-order valence-electron chi connectivity index (χ1n) is 8.09. The molecule has 4 heterocycles. The average molecular weight is 321 g/mol. The summed E-state index contributed by atoms with van der Waals surface area (Å²) >= 11 is 0. The third kappa shape index (κ3) is 3.28. The lowest BCUT2D eigenvalue weighted by Gasteiger charge is -2.29. The van der Waals surface area contributed by atoms with Gasteiger partial charge in [-0.15, -0.1) is 0 Å². The molecule has 4 rings (SSSR count). The van der Waals surface area contributed by atoms with Crippen LogP contribution in [-0.4, -0.2) is 26.4 Å². The van der Waals surface area contributed by atoms with E-state index in [4.69, 9.17) is 4.42 Å². The van der Waals surface area contributed by atoms with E-state index in [9.17, 15) is 0 Å². The highest BCUT2D eigenvalue weighted by atomic mass is 16.3. The summed E-state index contributed by atoms with van der Waals surface area (Å²) in [6, 6.07) is 5.77. The maximum Gasteiger partial charge on any atom is 0.222 e. The molecule has 0 saturated heterocycles. The zero-order chi connectivity index (χ0) is 16.2. The zero-order valence-corrected chi connectivity index (χ0v) is 13.4. The summed E-state index contributed by atoms with van der Waals surface area (Å²) in [7, 11) is 0. The van der Waals surface area contributed by atoms with Crippen LogP contribution >= 0.6 is 0 Å². The van der Waals surface area contributed by atoms with Gasteiger partial charge in [0.15, 0.2) is 0 Å². The third-order valence-corrected chi connectivity index (χ3v) is 4.27. The second-order valence-corrected chi connectivity index (χ2v) is 5.90. The number of anilines is 1. The summed E-state index contributed by atoms with van der Waals surface area (Å²) in [4.78, 5) is 15.2. The van der Waals surface area contributed by atoms with Crippen molar-refractivity contribution in [1.82, 2.24) is 19.9 Å². The second-order valence-electron chi connectivity index (χ2n) is 5.90. The Kier molecular flexibility index (Phi) is 4.20. The van der Waals surface area contributed by atoms with Crippen molar-refractivity contribution in [1.29, 1.82) is 0 Å². The van der Waals surface area contributed by atoms with Crippen LogP contribution in [0.4, 0.5) is 5.95 Å². The van der Waals surface area contributed by atoms with Gasteiger partial charge in [0.1, 0.15) is 5.76 Å². The van der Waals surface area contributed by atoms with Crippen LogP contribution in [0, 0.1) is 0 Å². The highest BCUT2D eigenvalue weighted by Gasteiger charge is 2.20. The SMILES string of the molecule is c1cnc(NCc2cncc3c2CCN(Cc2ccco2)C3)nc1. The van der Waals surface area contributed by atoms with E-state index < -0.39 is 0 Å². The molecule has 6 nitrogen and oxygen atoms in total. The molecule has 1 aliphatic heterocycles. The van der Waals surface area contributed by atoms with Gasteiger partial charge in [0.2, 0.25) is 5.95 Å². The summed E-state index contributed by atoms with van der Waals surface area (Å²) in [5.41, 5.74) is 3.91. The zero-order valence-electron chi connectivity index (χ0n) is 13.4. The topological polar surface area (TPSA) is 67.1 Å². The minimum atomic E-state index is 0.644. The van der Waals surface area contributed by atoms with Crippen molar-refractivity contribution in [3.63, 3.8) is 0 Å². The Morgan fingerprint density at radius 2 is 2.08 bits per heavy atom. The molecule has 0 bridgehead atoms.